The van der Waals surface area contributed by atoms with Crippen LogP contribution in [0, 0.1) is 0 Å². The van der Waals surface area contributed by atoms with Crippen molar-refractivity contribution >= 4 is 103 Å². The van der Waals surface area contributed by atoms with Crippen LogP contribution >= 0.6 is 11.3 Å². The summed E-state index contributed by atoms with van der Waals surface area (Å²) in [5, 5.41) is 12.6. The zero-order valence-corrected chi connectivity index (χ0v) is 25.0. The summed E-state index contributed by atoms with van der Waals surface area (Å²) >= 11 is 1.88. The average molecular weight is 592 g/mol. The number of nitrogens with zero attached hydrogens (tertiary/aromatic N) is 1. The lowest BCUT2D eigenvalue weighted by molar-refractivity contribution is 0.669. The van der Waals surface area contributed by atoms with E-state index in [-0.39, 0.29) is 0 Å². The minimum absolute atomic E-state index is 0.889. The molecule has 0 unspecified atom stereocenters. The largest absolute Gasteiger partial charge is 0.456 e. The first-order valence-corrected chi connectivity index (χ1v) is 16.1. The number of hydrogen-bond donors (Lipinski definition) is 0. The molecule has 0 amide bonds. The van der Waals surface area contributed by atoms with E-state index >= 15 is 0 Å². The van der Waals surface area contributed by atoms with Gasteiger partial charge in [0.25, 0.3) is 0 Å². The lowest BCUT2D eigenvalue weighted by Gasteiger charge is -2.26. The van der Waals surface area contributed by atoms with E-state index < -0.39 is 0 Å². The van der Waals surface area contributed by atoms with Crippen molar-refractivity contribution in [3.63, 3.8) is 0 Å². The normalized spacial score (nSPS) is 12.0. The summed E-state index contributed by atoms with van der Waals surface area (Å²) in [4.78, 5) is 2.36. The molecule has 8 aromatic carbocycles. The van der Waals surface area contributed by atoms with Crippen molar-refractivity contribution in [1.82, 2.24) is 0 Å². The van der Waals surface area contributed by atoms with Crippen LogP contribution in [0.15, 0.2) is 156 Å². The topological polar surface area (TPSA) is 16.4 Å². The third kappa shape index (κ3) is 3.68. The first kappa shape index (κ1) is 24.8. The number of hydrogen-bond acceptors (Lipinski definition) is 3. The first-order chi connectivity index (χ1) is 22.3. The van der Waals surface area contributed by atoms with Gasteiger partial charge in [0, 0.05) is 36.9 Å². The van der Waals surface area contributed by atoms with Gasteiger partial charge in [-0.1, -0.05) is 91.0 Å². The molecule has 3 heteroatoms. The van der Waals surface area contributed by atoms with Crippen molar-refractivity contribution in [3.8, 4) is 0 Å². The summed E-state index contributed by atoms with van der Waals surface area (Å²) in [6, 6.07) is 54.8. The van der Waals surface area contributed by atoms with Crippen molar-refractivity contribution in [1.29, 1.82) is 0 Å². The predicted octanol–water partition coefficient (Wildman–Crippen LogP) is 12.9. The summed E-state index contributed by atoms with van der Waals surface area (Å²) in [6.45, 7) is 0. The molecule has 0 spiro atoms. The zero-order valence-electron chi connectivity index (χ0n) is 24.2. The summed E-state index contributed by atoms with van der Waals surface area (Å²) in [5.41, 5.74) is 5.10. The van der Waals surface area contributed by atoms with Crippen LogP contribution in [0.1, 0.15) is 0 Å². The van der Waals surface area contributed by atoms with E-state index in [1.807, 2.05) is 23.5 Å². The van der Waals surface area contributed by atoms with Crippen LogP contribution in [-0.4, -0.2) is 0 Å². The molecule has 0 aliphatic rings. The molecule has 0 atom stereocenters. The fourth-order valence-corrected chi connectivity index (χ4v) is 8.31. The Morgan fingerprint density at radius 1 is 0.400 bits per heavy atom. The molecular weight excluding hydrogens is 567 g/mol. The highest BCUT2D eigenvalue weighted by Gasteiger charge is 2.20. The first-order valence-electron chi connectivity index (χ1n) is 15.3. The Bertz CT molecular complexity index is 2770. The molecule has 10 aromatic rings. The summed E-state index contributed by atoms with van der Waals surface area (Å²) < 4.78 is 8.97. The van der Waals surface area contributed by atoms with Crippen LogP contribution in [0.2, 0.25) is 0 Å². The lowest BCUT2D eigenvalue weighted by Crippen LogP contribution is -2.10. The van der Waals surface area contributed by atoms with Gasteiger partial charge in [-0.15, -0.1) is 11.3 Å². The van der Waals surface area contributed by atoms with Gasteiger partial charge in [-0.25, -0.2) is 0 Å². The van der Waals surface area contributed by atoms with E-state index in [4.69, 9.17) is 4.42 Å². The van der Waals surface area contributed by atoms with Crippen molar-refractivity contribution in [2.24, 2.45) is 0 Å². The van der Waals surface area contributed by atoms with Gasteiger partial charge in [-0.05, 0) is 93.0 Å². The molecule has 0 radical (unpaired) electrons. The van der Waals surface area contributed by atoms with Gasteiger partial charge in [-0.3, -0.25) is 0 Å². The van der Waals surface area contributed by atoms with Crippen molar-refractivity contribution < 1.29 is 4.42 Å². The molecular formula is C42H25NOS. The van der Waals surface area contributed by atoms with Crippen molar-refractivity contribution in [2.45, 2.75) is 0 Å². The standard InChI is InChI=1S/C42H25NOS/c1-2-9-29(10-3-1)43(36-13-8-15-38-42(36)33-12-4-6-14-37(33)44-38)30-21-22-31-27(23-30)19-17-26-18-20-28-24-35-32-11-5-7-16-39(32)45-40(35)25-34(28)41(26)31/h1-25H. The van der Waals surface area contributed by atoms with Gasteiger partial charge in [0.05, 0.1) is 11.1 Å². The second-order valence-electron chi connectivity index (χ2n) is 11.7. The highest BCUT2D eigenvalue weighted by atomic mass is 32.1. The Hall–Kier alpha value is -5.64. The van der Waals surface area contributed by atoms with Crippen molar-refractivity contribution in [3.05, 3.63) is 152 Å². The van der Waals surface area contributed by atoms with Gasteiger partial charge >= 0.3 is 0 Å². The lowest BCUT2D eigenvalue weighted by atomic mass is 9.95. The predicted molar refractivity (Wildman–Crippen MR) is 194 cm³/mol. The molecule has 0 fully saturated rings. The fraction of sp³-hybridized carbons (Fsp3) is 0. The smallest absolute Gasteiger partial charge is 0.137 e. The number of thiophene rings is 1. The van der Waals surface area contributed by atoms with E-state index in [0.29, 0.717) is 0 Å². The Labute approximate surface area is 263 Å². The molecule has 210 valence electrons. The summed E-state index contributed by atoms with van der Waals surface area (Å²) in [6.07, 6.45) is 0. The quantitative estimate of drug-likeness (QED) is 0.190. The Morgan fingerprint density at radius 2 is 1.13 bits per heavy atom. The van der Waals surface area contributed by atoms with Gasteiger partial charge in [0.15, 0.2) is 0 Å². The van der Waals surface area contributed by atoms with E-state index in [9.17, 15) is 0 Å². The van der Waals surface area contributed by atoms with Crippen LogP contribution in [0.4, 0.5) is 17.1 Å². The number of fused-ring (bicyclic) bond motifs is 11. The van der Waals surface area contributed by atoms with Gasteiger partial charge in [0.1, 0.15) is 11.2 Å². The van der Waals surface area contributed by atoms with Gasteiger partial charge in [0.2, 0.25) is 0 Å². The zero-order chi connectivity index (χ0) is 29.5. The van der Waals surface area contributed by atoms with Crippen LogP contribution in [-0.2, 0) is 0 Å². The summed E-state index contributed by atoms with van der Waals surface area (Å²) in [7, 11) is 0. The maximum atomic E-state index is 6.30. The van der Waals surface area contributed by atoms with Crippen LogP contribution in [0.3, 0.4) is 0 Å². The maximum absolute atomic E-state index is 6.30. The highest BCUT2D eigenvalue weighted by Crippen LogP contribution is 2.45. The van der Waals surface area contributed by atoms with Crippen LogP contribution in [0.5, 0.6) is 0 Å². The Morgan fingerprint density at radius 3 is 2.02 bits per heavy atom. The minimum Gasteiger partial charge on any atom is -0.456 e. The molecule has 2 heterocycles. The number of anilines is 3. The molecule has 0 aliphatic heterocycles. The number of rotatable bonds is 3. The number of benzene rings is 8. The van der Waals surface area contributed by atoms with E-state index in [2.05, 4.69) is 144 Å². The maximum Gasteiger partial charge on any atom is 0.137 e. The molecule has 2 aromatic heterocycles. The van der Waals surface area contributed by atoms with Crippen LogP contribution in [0.25, 0.3) is 74.4 Å². The van der Waals surface area contributed by atoms with Gasteiger partial charge < -0.3 is 9.32 Å². The van der Waals surface area contributed by atoms with Crippen molar-refractivity contribution in [2.75, 3.05) is 4.90 Å². The van der Waals surface area contributed by atoms with Crippen LogP contribution < -0.4 is 4.90 Å². The third-order valence-corrected chi connectivity index (χ3v) is 10.3. The molecule has 0 N–H and O–H groups in total. The average Bonchev–Trinajstić information content (AvgIpc) is 3.66. The van der Waals surface area contributed by atoms with E-state index in [1.54, 1.807) is 0 Å². The summed E-state index contributed by atoms with van der Waals surface area (Å²) in [5.74, 6) is 0. The Kier molecular flexibility index (Phi) is 5.19. The second-order valence-corrected chi connectivity index (χ2v) is 12.8. The van der Waals surface area contributed by atoms with E-state index in [0.717, 1.165) is 39.0 Å². The minimum atomic E-state index is 0.889. The monoisotopic (exact) mass is 591 g/mol. The SMILES string of the molecule is c1ccc(N(c2ccc3c(ccc4ccc5cc6c(cc5c43)sc3ccccc36)c2)c2cccc3oc4ccccc4c23)cc1. The molecule has 0 aliphatic carbocycles. The third-order valence-electron chi connectivity index (χ3n) is 9.19. The second kappa shape index (κ2) is 9.43. The highest BCUT2D eigenvalue weighted by molar-refractivity contribution is 7.25. The van der Waals surface area contributed by atoms with E-state index in [1.165, 1.54) is 52.5 Å². The molecule has 45 heavy (non-hydrogen) atoms. The fourth-order valence-electron chi connectivity index (χ4n) is 7.18. The molecule has 10 rings (SSSR count). The molecule has 2 nitrogen and oxygen atoms in total. The molecule has 0 saturated carbocycles. The van der Waals surface area contributed by atoms with Gasteiger partial charge in [-0.2, -0.15) is 0 Å². The molecule has 0 saturated heterocycles. The molecule has 0 bridgehead atoms. The number of furan rings is 1. The number of para-hydroxylation sites is 2. The Balaban J connectivity index is 1.23.